The molecule has 0 radical (unpaired) electrons. The van der Waals surface area contributed by atoms with E-state index in [2.05, 4.69) is 31.9 Å². The molecule has 0 atom stereocenters. The van der Waals surface area contributed by atoms with Gasteiger partial charge in [-0.1, -0.05) is 0 Å². The summed E-state index contributed by atoms with van der Waals surface area (Å²) >= 11 is 6.51. The van der Waals surface area contributed by atoms with E-state index in [1.807, 2.05) is 0 Å². The minimum absolute atomic E-state index is 0.185. The summed E-state index contributed by atoms with van der Waals surface area (Å²) in [5.41, 5.74) is 0.634. The zero-order chi connectivity index (χ0) is 7.72. The van der Waals surface area contributed by atoms with Gasteiger partial charge in [0, 0.05) is 14.5 Å². The Morgan fingerprint density at radius 1 is 1.30 bits per heavy atom. The van der Waals surface area contributed by atoms with E-state index >= 15 is 0 Å². The first kappa shape index (κ1) is 8.21. The zero-order valence-corrected chi connectivity index (χ0v) is 8.46. The standard InChI is InChI=1S/C7H5Br2F/c1-4-6(10)3-2-5(8)7(4)9/h2-3H,1H3. The molecule has 0 aliphatic carbocycles. The van der Waals surface area contributed by atoms with Crippen LogP contribution in [0.1, 0.15) is 5.56 Å². The van der Waals surface area contributed by atoms with Crippen LogP contribution in [0.15, 0.2) is 21.1 Å². The Hall–Kier alpha value is 0.110. The summed E-state index contributed by atoms with van der Waals surface area (Å²) in [6, 6.07) is 3.11. The fraction of sp³-hybridized carbons (Fsp3) is 0.143. The lowest BCUT2D eigenvalue weighted by atomic mass is 10.2. The quantitative estimate of drug-likeness (QED) is 0.630. The molecule has 0 nitrogen and oxygen atoms in total. The third-order valence-corrected chi connectivity index (χ3v) is 3.49. The molecular formula is C7H5Br2F. The molecule has 0 bridgehead atoms. The molecule has 0 heterocycles. The highest BCUT2D eigenvalue weighted by molar-refractivity contribution is 9.13. The zero-order valence-electron chi connectivity index (χ0n) is 5.29. The second-order valence-corrected chi connectivity index (χ2v) is 3.62. The van der Waals surface area contributed by atoms with Gasteiger partial charge in [-0.25, -0.2) is 4.39 Å². The van der Waals surface area contributed by atoms with Crippen molar-refractivity contribution in [1.82, 2.24) is 0 Å². The highest BCUT2D eigenvalue weighted by Gasteiger charge is 2.03. The number of halogens is 3. The van der Waals surface area contributed by atoms with E-state index in [0.717, 1.165) is 8.95 Å². The summed E-state index contributed by atoms with van der Waals surface area (Å²) < 4.78 is 14.4. The van der Waals surface area contributed by atoms with Gasteiger partial charge in [0.05, 0.1) is 0 Å². The monoisotopic (exact) mass is 266 g/mol. The molecule has 1 rings (SSSR count). The maximum absolute atomic E-state index is 12.7. The van der Waals surface area contributed by atoms with Crippen LogP contribution in [0.5, 0.6) is 0 Å². The molecule has 0 aliphatic heterocycles. The Morgan fingerprint density at radius 2 is 1.90 bits per heavy atom. The molecule has 0 aliphatic rings. The second kappa shape index (κ2) is 3.01. The summed E-state index contributed by atoms with van der Waals surface area (Å²) in [6.07, 6.45) is 0. The Labute approximate surface area is 75.7 Å². The minimum Gasteiger partial charge on any atom is -0.207 e. The van der Waals surface area contributed by atoms with E-state index in [0.29, 0.717) is 5.56 Å². The molecule has 54 valence electrons. The van der Waals surface area contributed by atoms with Crippen molar-refractivity contribution in [3.8, 4) is 0 Å². The van der Waals surface area contributed by atoms with E-state index in [4.69, 9.17) is 0 Å². The van der Waals surface area contributed by atoms with Gasteiger partial charge in [0.2, 0.25) is 0 Å². The summed E-state index contributed by atoms with van der Waals surface area (Å²) in [4.78, 5) is 0. The maximum Gasteiger partial charge on any atom is 0.127 e. The fourth-order valence-electron chi connectivity index (χ4n) is 0.628. The van der Waals surface area contributed by atoms with Crippen LogP contribution < -0.4 is 0 Å². The lowest BCUT2D eigenvalue weighted by Crippen LogP contribution is -1.83. The van der Waals surface area contributed by atoms with Gasteiger partial charge in [0.1, 0.15) is 5.82 Å². The van der Waals surface area contributed by atoms with Crippen LogP contribution in [-0.4, -0.2) is 0 Å². The molecule has 1 aromatic carbocycles. The molecule has 3 heteroatoms. The molecule has 0 N–H and O–H groups in total. The van der Waals surface area contributed by atoms with Crippen LogP contribution in [-0.2, 0) is 0 Å². The van der Waals surface area contributed by atoms with Crippen molar-refractivity contribution >= 4 is 31.9 Å². The van der Waals surface area contributed by atoms with E-state index in [9.17, 15) is 4.39 Å². The highest BCUT2D eigenvalue weighted by atomic mass is 79.9. The van der Waals surface area contributed by atoms with Gasteiger partial charge in [-0.3, -0.25) is 0 Å². The number of hydrogen-bond acceptors (Lipinski definition) is 0. The van der Waals surface area contributed by atoms with Crippen LogP contribution in [0.25, 0.3) is 0 Å². The summed E-state index contributed by atoms with van der Waals surface area (Å²) in [6.45, 7) is 1.73. The van der Waals surface area contributed by atoms with Gasteiger partial charge in [0.25, 0.3) is 0 Å². The molecule has 0 spiro atoms. The Kier molecular flexibility index (Phi) is 2.47. The first-order valence-electron chi connectivity index (χ1n) is 2.73. The van der Waals surface area contributed by atoms with Crippen LogP contribution >= 0.6 is 31.9 Å². The number of benzene rings is 1. The molecule has 1 aromatic rings. The third-order valence-electron chi connectivity index (χ3n) is 1.27. The average Bonchev–Trinajstić information content (AvgIpc) is 1.93. The smallest absolute Gasteiger partial charge is 0.127 e. The van der Waals surface area contributed by atoms with Gasteiger partial charge < -0.3 is 0 Å². The lowest BCUT2D eigenvalue weighted by molar-refractivity contribution is 0.617. The van der Waals surface area contributed by atoms with E-state index in [-0.39, 0.29) is 5.82 Å². The van der Waals surface area contributed by atoms with Gasteiger partial charge in [-0.05, 0) is 50.9 Å². The molecule has 10 heavy (non-hydrogen) atoms. The van der Waals surface area contributed by atoms with Crippen molar-refractivity contribution in [2.75, 3.05) is 0 Å². The first-order chi connectivity index (χ1) is 4.63. The van der Waals surface area contributed by atoms with Gasteiger partial charge >= 0.3 is 0 Å². The normalized spacial score (nSPS) is 10.0. The SMILES string of the molecule is Cc1c(F)ccc(Br)c1Br. The van der Waals surface area contributed by atoms with Crippen LogP contribution in [0, 0.1) is 12.7 Å². The minimum atomic E-state index is -0.185. The largest absolute Gasteiger partial charge is 0.207 e. The van der Waals surface area contributed by atoms with Crippen molar-refractivity contribution < 1.29 is 4.39 Å². The molecule has 0 fully saturated rings. The molecule has 0 saturated carbocycles. The molecule has 0 amide bonds. The van der Waals surface area contributed by atoms with Crippen molar-refractivity contribution in [2.24, 2.45) is 0 Å². The van der Waals surface area contributed by atoms with E-state index < -0.39 is 0 Å². The topological polar surface area (TPSA) is 0 Å². The predicted molar refractivity (Wildman–Crippen MR) is 46.5 cm³/mol. The molecule has 0 aromatic heterocycles. The van der Waals surface area contributed by atoms with Gasteiger partial charge in [-0.2, -0.15) is 0 Å². The Bertz CT molecular complexity index is 231. The Balaban J connectivity index is 3.34. The van der Waals surface area contributed by atoms with Crippen molar-refractivity contribution in [1.29, 1.82) is 0 Å². The van der Waals surface area contributed by atoms with Crippen LogP contribution in [0.2, 0.25) is 0 Å². The lowest BCUT2D eigenvalue weighted by Gasteiger charge is -2.00. The van der Waals surface area contributed by atoms with E-state index in [1.165, 1.54) is 6.07 Å². The van der Waals surface area contributed by atoms with Crippen molar-refractivity contribution in [3.05, 3.63) is 32.5 Å². The average molecular weight is 268 g/mol. The number of rotatable bonds is 0. The maximum atomic E-state index is 12.7. The summed E-state index contributed by atoms with van der Waals surface area (Å²) in [5, 5.41) is 0. The molecular weight excluding hydrogens is 263 g/mol. The van der Waals surface area contributed by atoms with Crippen LogP contribution in [0.3, 0.4) is 0 Å². The third kappa shape index (κ3) is 1.40. The highest BCUT2D eigenvalue weighted by Crippen LogP contribution is 2.27. The predicted octanol–water partition coefficient (Wildman–Crippen LogP) is 3.66. The fourth-order valence-corrected chi connectivity index (χ4v) is 1.38. The second-order valence-electron chi connectivity index (χ2n) is 1.97. The number of hydrogen-bond donors (Lipinski definition) is 0. The molecule has 0 saturated heterocycles. The van der Waals surface area contributed by atoms with Crippen molar-refractivity contribution in [3.63, 3.8) is 0 Å². The van der Waals surface area contributed by atoms with Crippen LogP contribution in [0.4, 0.5) is 4.39 Å². The molecule has 0 unspecified atom stereocenters. The van der Waals surface area contributed by atoms with E-state index in [1.54, 1.807) is 13.0 Å². The summed E-state index contributed by atoms with van der Waals surface area (Å²) in [5.74, 6) is -0.185. The summed E-state index contributed by atoms with van der Waals surface area (Å²) in [7, 11) is 0. The first-order valence-corrected chi connectivity index (χ1v) is 4.31. The Morgan fingerprint density at radius 3 is 2.40 bits per heavy atom. The van der Waals surface area contributed by atoms with Gasteiger partial charge in [-0.15, -0.1) is 0 Å². The van der Waals surface area contributed by atoms with Gasteiger partial charge in [0.15, 0.2) is 0 Å². The van der Waals surface area contributed by atoms with Crippen molar-refractivity contribution in [2.45, 2.75) is 6.92 Å².